The first kappa shape index (κ1) is 21.1. The lowest BCUT2D eigenvalue weighted by molar-refractivity contribution is -0.0705. The topological polar surface area (TPSA) is 101 Å². The maximum atomic E-state index is 13.1. The van der Waals surface area contributed by atoms with E-state index in [0.717, 1.165) is 23.3 Å². The number of H-pyrrole nitrogens is 2. The first-order valence-corrected chi connectivity index (χ1v) is 11.5. The van der Waals surface area contributed by atoms with Crippen molar-refractivity contribution < 1.29 is 9.47 Å². The van der Waals surface area contributed by atoms with Crippen LogP contribution in [0.1, 0.15) is 56.0 Å². The second-order valence-electron chi connectivity index (χ2n) is 8.94. The van der Waals surface area contributed by atoms with Gasteiger partial charge in [-0.15, -0.1) is 0 Å². The highest BCUT2D eigenvalue weighted by Crippen LogP contribution is 2.45. The Labute approximate surface area is 189 Å². The minimum atomic E-state index is -0.435. The fourth-order valence-corrected chi connectivity index (χ4v) is 5.74. The summed E-state index contributed by atoms with van der Waals surface area (Å²) in [5, 5.41) is 4.27. The number of pyridine rings is 1. The molecule has 1 aromatic carbocycles. The van der Waals surface area contributed by atoms with Gasteiger partial charge in [-0.3, -0.25) is 19.4 Å². The van der Waals surface area contributed by atoms with Crippen molar-refractivity contribution in [1.29, 1.82) is 0 Å². The van der Waals surface area contributed by atoms with Crippen molar-refractivity contribution in [1.82, 2.24) is 14.8 Å². The molecular formula is C23H26N4O4S. The van der Waals surface area contributed by atoms with Gasteiger partial charge in [-0.2, -0.15) is 0 Å². The second-order valence-corrected chi connectivity index (χ2v) is 10.2. The number of rotatable bonds is 3. The first-order valence-electron chi connectivity index (χ1n) is 10.7. The molecule has 8 nitrogen and oxygen atoms in total. The van der Waals surface area contributed by atoms with Gasteiger partial charge in [-0.25, -0.2) is 4.99 Å². The molecule has 2 aromatic heterocycles. The van der Waals surface area contributed by atoms with Crippen molar-refractivity contribution in [2.24, 2.45) is 4.99 Å². The maximum Gasteiger partial charge on any atom is 0.271 e. The van der Waals surface area contributed by atoms with Crippen LogP contribution >= 0.6 is 11.8 Å². The van der Waals surface area contributed by atoms with Crippen LogP contribution < -0.4 is 15.9 Å². The Morgan fingerprint density at radius 2 is 2.06 bits per heavy atom. The van der Waals surface area contributed by atoms with Gasteiger partial charge in [-0.1, -0.05) is 11.8 Å². The molecule has 2 atom stereocenters. The molecular weight excluding hydrogens is 428 g/mol. The van der Waals surface area contributed by atoms with Crippen LogP contribution in [-0.4, -0.2) is 39.1 Å². The van der Waals surface area contributed by atoms with Gasteiger partial charge in [0, 0.05) is 18.2 Å². The molecule has 9 heteroatoms. The third-order valence-electron chi connectivity index (χ3n) is 6.15. The highest BCUT2D eigenvalue weighted by Gasteiger charge is 2.36. The summed E-state index contributed by atoms with van der Waals surface area (Å²) in [6.45, 7) is 6.66. The number of methoxy groups -OCH3 is 1. The van der Waals surface area contributed by atoms with E-state index in [2.05, 4.69) is 23.9 Å². The van der Waals surface area contributed by atoms with E-state index in [0.29, 0.717) is 34.8 Å². The van der Waals surface area contributed by atoms with Gasteiger partial charge in [-0.05, 0) is 57.2 Å². The Balaban J connectivity index is 1.63. The molecule has 0 unspecified atom stereocenters. The van der Waals surface area contributed by atoms with Crippen LogP contribution in [0.3, 0.4) is 0 Å². The smallest absolute Gasteiger partial charge is 0.271 e. The lowest BCUT2D eigenvalue weighted by Gasteiger charge is -2.36. The number of aliphatic imine (C=N–C) groups is 1. The zero-order valence-electron chi connectivity index (χ0n) is 18.5. The summed E-state index contributed by atoms with van der Waals surface area (Å²) in [4.78, 5) is 33.9. The summed E-state index contributed by atoms with van der Waals surface area (Å²) in [5.74, 6) is 1.29. The van der Waals surface area contributed by atoms with Gasteiger partial charge in [0.25, 0.3) is 11.1 Å². The summed E-state index contributed by atoms with van der Waals surface area (Å²) >= 11 is 1.43. The predicted octanol–water partition coefficient (Wildman–Crippen LogP) is 4.04. The summed E-state index contributed by atoms with van der Waals surface area (Å²) in [5.41, 5.74) is 1.08. The van der Waals surface area contributed by atoms with E-state index in [-0.39, 0.29) is 22.8 Å². The molecule has 2 aliphatic rings. The molecule has 0 spiro atoms. The zero-order chi connectivity index (χ0) is 22.6. The van der Waals surface area contributed by atoms with E-state index in [1.54, 1.807) is 13.2 Å². The number of hydrogen-bond donors (Lipinski definition) is 2. The number of hydrogen-bond acceptors (Lipinski definition) is 6. The number of aromatic nitrogens is 3. The summed E-state index contributed by atoms with van der Waals surface area (Å²) in [6.07, 6.45) is 1.57. The second kappa shape index (κ2) is 7.67. The zero-order valence-corrected chi connectivity index (χ0v) is 19.3. The van der Waals surface area contributed by atoms with Gasteiger partial charge >= 0.3 is 0 Å². The first-order chi connectivity index (χ1) is 15.3. The number of benzene rings is 1. The number of nitrogens with one attached hydrogen (secondary N) is 2. The van der Waals surface area contributed by atoms with E-state index in [1.807, 2.05) is 29.8 Å². The largest absolute Gasteiger partial charge is 0.497 e. The standard InChI is InChI=1S/C23H26N4O4S/c1-12-24-20-18(22(29)26-27(20)14-7-8-31-23(2,3)11-14)19(32-12)16-9-13-5-6-15(30-4)10-17(13)25-21(16)28/h5-6,9-10,14,19H,7-8,11H2,1-4H3,(H,25,28)(H,26,29)/t14-,19-/m1/s1. The minimum Gasteiger partial charge on any atom is -0.497 e. The molecule has 32 heavy (non-hydrogen) atoms. The molecule has 0 aliphatic carbocycles. The third kappa shape index (κ3) is 3.59. The molecule has 1 fully saturated rings. The molecule has 0 radical (unpaired) electrons. The molecule has 0 amide bonds. The molecule has 5 rings (SSSR count). The summed E-state index contributed by atoms with van der Waals surface area (Å²) < 4.78 is 13.0. The van der Waals surface area contributed by atoms with Crippen molar-refractivity contribution in [2.75, 3.05) is 13.7 Å². The van der Waals surface area contributed by atoms with E-state index < -0.39 is 5.25 Å². The maximum absolute atomic E-state index is 13.1. The van der Waals surface area contributed by atoms with Gasteiger partial charge in [0.2, 0.25) is 0 Å². The Hall–Kier alpha value is -2.78. The van der Waals surface area contributed by atoms with Gasteiger partial charge in [0.15, 0.2) is 5.82 Å². The Morgan fingerprint density at radius 1 is 1.25 bits per heavy atom. The van der Waals surface area contributed by atoms with Crippen molar-refractivity contribution >= 4 is 33.5 Å². The molecule has 3 aromatic rings. The van der Waals surface area contributed by atoms with Crippen LogP contribution in [0, 0.1) is 0 Å². The van der Waals surface area contributed by atoms with E-state index >= 15 is 0 Å². The summed E-state index contributed by atoms with van der Waals surface area (Å²) in [7, 11) is 1.59. The molecule has 2 N–H and O–H groups in total. The molecule has 4 heterocycles. The van der Waals surface area contributed by atoms with Crippen LogP contribution in [0.15, 0.2) is 38.8 Å². The minimum absolute atomic E-state index is 0.0813. The quantitative estimate of drug-likeness (QED) is 0.622. The summed E-state index contributed by atoms with van der Waals surface area (Å²) in [6, 6.07) is 7.50. The molecule has 0 saturated carbocycles. The highest BCUT2D eigenvalue weighted by atomic mass is 32.2. The van der Waals surface area contributed by atoms with E-state index in [4.69, 9.17) is 14.5 Å². The Morgan fingerprint density at radius 3 is 2.81 bits per heavy atom. The number of ether oxygens (including phenoxy) is 2. The fourth-order valence-electron chi connectivity index (χ4n) is 4.63. The van der Waals surface area contributed by atoms with Crippen LogP contribution in [0.2, 0.25) is 0 Å². The fraction of sp³-hybridized carbons (Fsp3) is 0.435. The SMILES string of the molecule is COc1ccc2cc([C@H]3SC(C)=Nc4c3c(=O)[nH]n4[C@@H]3CCOC(C)(C)C3)c(=O)[nH]c2c1. The van der Waals surface area contributed by atoms with Crippen LogP contribution in [-0.2, 0) is 4.74 Å². The molecule has 1 saturated heterocycles. The average Bonchev–Trinajstić information content (AvgIpc) is 3.07. The normalized spacial score (nSPS) is 22.4. The Bertz CT molecular complexity index is 1350. The van der Waals surface area contributed by atoms with Gasteiger partial charge in [0.1, 0.15) is 5.75 Å². The van der Waals surface area contributed by atoms with E-state index in [9.17, 15) is 9.59 Å². The van der Waals surface area contributed by atoms with Crippen molar-refractivity contribution in [3.63, 3.8) is 0 Å². The van der Waals surface area contributed by atoms with Gasteiger partial charge < -0.3 is 14.5 Å². The average molecular weight is 455 g/mol. The Kier molecular flexibility index (Phi) is 5.05. The predicted molar refractivity (Wildman–Crippen MR) is 127 cm³/mol. The molecule has 168 valence electrons. The number of thioether (sulfide) groups is 1. The monoisotopic (exact) mass is 454 g/mol. The third-order valence-corrected chi connectivity index (χ3v) is 7.31. The van der Waals surface area contributed by atoms with Crippen LogP contribution in [0.5, 0.6) is 5.75 Å². The van der Waals surface area contributed by atoms with Crippen molar-refractivity contribution in [3.8, 4) is 5.75 Å². The highest BCUT2D eigenvalue weighted by molar-refractivity contribution is 8.14. The molecule has 0 bridgehead atoms. The number of aromatic amines is 2. The molecule has 2 aliphatic heterocycles. The van der Waals surface area contributed by atoms with Gasteiger partial charge in [0.05, 0.1) is 40.1 Å². The number of nitrogens with zero attached hydrogens (tertiary/aromatic N) is 2. The lowest BCUT2D eigenvalue weighted by Crippen LogP contribution is -2.35. The van der Waals surface area contributed by atoms with Crippen molar-refractivity contribution in [2.45, 2.75) is 50.5 Å². The number of fused-ring (bicyclic) bond motifs is 2. The van der Waals surface area contributed by atoms with Crippen molar-refractivity contribution in [3.05, 3.63) is 56.1 Å². The van der Waals surface area contributed by atoms with Crippen LogP contribution in [0.4, 0.5) is 5.82 Å². The van der Waals surface area contributed by atoms with Crippen LogP contribution in [0.25, 0.3) is 10.9 Å². The van der Waals surface area contributed by atoms with E-state index in [1.165, 1.54) is 11.8 Å². The lowest BCUT2D eigenvalue weighted by atomic mass is 9.94.